The van der Waals surface area contributed by atoms with E-state index in [1.807, 2.05) is 0 Å². The Kier molecular flexibility index (Phi) is 5.01. The molecule has 9 heteroatoms. The maximum atomic E-state index is 12.4. The Labute approximate surface area is 152 Å². The summed E-state index contributed by atoms with van der Waals surface area (Å²) < 4.78 is 0. The van der Waals surface area contributed by atoms with Crippen LogP contribution in [0.3, 0.4) is 0 Å². The lowest BCUT2D eigenvalue weighted by atomic mass is 10.2. The van der Waals surface area contributed by atoms with Gasteiger partial charge in [-0.05, 0) is 24.3 Å². The number of benzene rings is 1. The van der Waals surface area contributed by atoms with Crippen molar-refractivity contribution in [2.45, 2.75) is 0 Å². The second-order valence-corrected chi connectivity index (χ2v) is 6.10. The summed E-state index contributed by atoms with van der Waals surface area (Å²) in [6, 6.07) is 6.33. The van der Waals surface area contributed by atoms with E-state index in [1.165, 1.54) is 24.5 Å². The van der Waals surface area contributed by atoms with Crippen molar-refractivity contribution < 1.29 is 9.59 Å². The quantitative estimate of drug-likeness (QED) is 0.733. The van der Waals surface area contributed by atoms with Crippen LogP contribution in [0.1, 0.15) is 20.8 Å². The molecule has 7 nitrogen and oxygen atoms in total. The van der Waals surface area contributed by atoms with Crippen molar-refractivity contribution in [1.29, 1.82) is 0 Å². The molecule has 126 valence electrons. The van der Waals surface area contributed by atoms with Crippen molar-refractivity contribution in [1.82, 2.24) is 20.3 Å². The molecule has 0 atom stereocenters. The third-order valence-electron chi connectivity index (χ3n) is 3.20. The van der Waals surface area contributed by atoms with Crippen LogP contribution in [-0.4, -0.2) is 33.8 Å². The maximum absolute atomic E-state index is 12.4. The van der Waals surface area contributed by atoms with Gasteiger partial charge in [-0.25, -0.2) is 15.0 Å². The van der Waals surface area contributed by atoms with Crippen molar-refractivity contribution >= 4 is 40.4 Å². The van der Waals surface area contributed by atoms with Crippen LogP contribution in [-0.2, 0) is 0 Å². The minimum Gasteiger partial charge on any atom is -0.355 e. The number of carbonyl (C=O) groups excluding carboxylic acids is 2. The molecule has 0 unspecified atom stereocenters. The van der Waals surface area contributed by atoms with Crippen LogP contribution in [0.2, 0.25) is 5.02 Å². The van der Waals surface area contributed by atoms with Gasteiger partial charge in [0.15, 0.2) is 10.8 Å². The van der Waals surface area contributed by atoms with Gasteiger partial charge in [0.05, 0.1) is 10.7 Å². The smallest absolute Gasteiger partial charge is 0.275 e. The van der Waals surface area contributed by atoms with Gasteiger partial charge in [-0.15, -0.1) is 11.3 Å². The van der Waals surface area contributed by atoms with Gasteiger partial charge in [-0.2, -0.15) is 0 Å². The first-order valence-corrected chi connectivity index (χ1v) is 8.40. The van der Waals surface area contributed by atoms with Gasteiger partial charge in [-0.3, -0.25) is 9.59 Å². The van der Waals surface area contributed by atoms with Gasteiger partial charge in [0, 0.05) is 30.4 Å². The number of nitrogens with one attached hydrogen (secondary N) is 2. The Bertz CT molecular complexity index is 929. The van der Waals surface area contributed by atoms with Gasteiger partial charge in [-0.1, -0.05) is 11.6 Å². The highest BCUT2D eigenvalue weighted by Crippen LogP contribution is 2.25. The first kappa shape index (κ1) is 17.0. The molecule has 0 aliphatic rings. The zero-order valence-electron chi connectivity index (χ0n) is 13.0. The van der Waals surface area contributed by atoms with Gasteiger partial charge >= 0.3 is 0 Å². The summed E-state index contributed by atoms with van der Waals surface area (Å²) in [7, 11) is 1.53. The third-order valence-corrected chi connectivity index (χ3v) is 4.37. The van der Waals surface area contributed by atoms with Crippen LogP contribution in [0.15, 0.2) is 42.0 Å². The van der Waals surface area contributed by atoms with E-state index >= 15 is 0 Å². The molecular weight excluding hydrogens is 362 g/mol. The first-order valence-electron chi connectivity index (χ1n) is 7.14. The van der Waals surface area contributed by atoms with Crippen LogP contribution >= 0.6 is 22.9 Å². The number of anilines is 1. The first-order chi connectivity index (χ1) is 12.1. The summed E-state index contributed by atoms with van der Waals surface area (Å²) in [4.78, 5) is 36.5. The molecule has 25 heavy (non-hydrogen) atoms. The van der Waals surface area contributed by atoms with Crippen molar-refractivity contribution in [2.24, 2.45) is 0 Å². The summed E-state index contributed by atoms with van der Waals surface area (Å²) in [6.45, 7) is 0. The van der Waals surface area contributed by atoms with Gasteiger partial charge in [0.2, 0.25) is 0 Å². The van der Waals surface area contributed by atoms with Crippen molar-refractivity contribution in [3.63, 3.8) is 0 Å². The molecule has 3 rings (SSSR count). The standard InChI is InChI=1S/C16H12ClN5O2S/c1-18-14(23)9-3-4-10(17)11(7-9)21-15(24)12-8-25-16(22-12)13-19-5-2-6-20-13/h2-8H,1H3,(H,18,23)(H,21,24). The highest BCUT2D eigenvalue weighted by atomic mass is 35.5. The molecule has 0 saturated heterocycles. The van der Waals surface area contributed by atoms with E-state index < -0.39 is 5.91 Å². The minimum absolute atomic E-state index is 0.217. The second kappa shape index (κ2) is 7.37. The number of aromatic nitrogens is 3. The third kappa shape index (κ3) is 3.81. The Hall–Kier alpha value is -2.84. The zero-order valence-corrected chi connectivity index (χ0v) is 14.6. The summed E-state index contributed by atoms with van der Waals surface area (Å²) in [5.74, 6) is -0.259. The number of amides is 2. The summed E-state index contributed by atoms with van der Waals surface area (Å²) in [6.07, 6.45) is 3.21. The van der Waals surface area contributed by atoms with E-state index in [4.69, 9.17) is 11.6 Å². The fourth-order valence-electron chi connectivity index (χ4n) is 1.98. The number of hydrogen-bond acceptors (Lipinski definition) is 6. The van der Waals surface area contributed by atoms with E-state index in [0.717, 1.165) is 0 Å². The van der Waals surface area contributed by atoms with E-state index in [9.17, 15) is 9.59 Å². The predicted octanol–water partition coefficient (Wildman–Crippen LogP) is 2.87. The Balaban J connectivity index is 1.81. The summed E-state index contributed by atoms with van der Waals surface area (Å²) in [5.41, 5.74) is 0.936. The fraction of sp³-hybridized carbons (Fsp3) is 0.0625. The summed E-state index contributed by atoms with van der Waals surface area (Å²) in [5, 5.41) is 7.65. The van der Waals surface area contributed by atoms with Crippen LogP contribution in [0.25, 0.3) is 10.8 Å². The molecule has 2 N–H and O–H groups in total. The minimum atomic E-state index is -0.436. The molecule has 0 spiro atoms. The van der Waals surface area contributed by atoms with Gasteiger partial charge in [0.25, 0.3) is 11.8 Å². The number of thiazole rings is 1. The molecule has 2 amide bonds. The number of hydrogen-bond donors (Lipinski definition) is 2. The lowest BCUT2D eigenvalue weighted by Crippen LogP contribution is -2.18. The summed E-state index contributed by atoms with van der Waals surface area (Å²) >= 11 is 7.36. The van der Waals surface area contributed by atoms with Crippen LogP contribution < -0.4 is 10.6 Å². The van der Waals surface area contributed by atoms with Crippen molar-refractivity contribution in [2.75, 3.05) is 12.4 Å². The highest BCUT2D eigenvalue weighted by molar-refractivity contribution is 7.13. The SMILES string of the molecule is CNC(=O)c1ccc(Cl)c(NC(=O)c2csc(-c3ncccn3)n2)c1. The molecule has 0 radical (unpaired) electrons. The molecule has 0 bridgehead atoms. The molecule has 0 fully saturated rings. The lowest BCUT2D eigenvalue weighted by Gasteiger charge is -2.08. The normalized spacial score (nSPS) is 10.3. The molecule has 2 heterocycles. The predicted molar refractivity (Wildman–Crippen MR) is 95.9 cm³/mol. The van der Waals surface area contributed by atoms with Gasteiger partial charge < -0.3 is 10.6 Å². The maximum Gasteiger partial charge on any atom is 0.275 e. The molecule has 0 saturated carbocycles. The monoisotopic (exact) mass is 373 g/mol. The van der Waals surface area contributed by atoms with E-state index in [-0.39, 0.29) is 11.6 Å². The molecule has 1 aromatic carbocycles. The average molecular weight is 374 g/mol. The Morgan fingerprint density at radius 3 is 2.64 bits per heavy atom. The topological polar surface area (TPSA) is 96.9 Å². The number of carbonyl (C=O) groups is 2. The molecule has 0 aliphatic heterocycles. The van der Waals surface area contributed by atoms with Crippen molar-refractivity contribution in [3.8, 4) is 10.8 Å². The molecule has 0 aliphatic carbocycles. The van der Waals surface area contributed by atoms with E-state index in [0.29, 0.717) is 27.1 Å². The lowest BCUT2D eigenvalue weighted by molar-refractivity contribution is 0.0961. The number of halogens is 1. The Morgan fingerprint density at radius 2 is 1.92 bits per heavy atom. The largest absolute Gasteiger partial charge is 0.355 e. The van der Waals surface area contributed by atoms with Crippen LogP contribution in [0.4, 0.5) is 5.69 Å². The highest BCUT2D eigenvalue weighted by Gasteiger charge is 2.15. The Morgan fingerprint density at radius 1 is 1.16 bits per heavy atom. The number of rotatable bonds is 4. The average Bonchev–Trinajstić information content (AvgIpc) is 3.14. The van der Waals surface area contributed by atoms with E-state index in [1.54, 1.807) is 36.0 Å². The van der Waals surface area contributed by atoms with Crippen LogP contribution in [0.5, 0.6) is 0 Å². The van der Waals surface area contributed by atoms with Crippen molar-refractivity contribution in [3.05, 3.63) is 58.3 Å². The fourth-order valence-corrected chi connectivity index (χ4v) is 2.89. The van der Waals surface area contributed by atoms with Gasteiger partial charge in [0.1, 0.15) is 5.69 Å². The molecular formula is C16H12ClN5O2S. The molecule has 3 aromatic rings. The molecule has 2 aromatic heterocycles. The number of nitrogens with zero attached hydrogens (tertiary/aromatic N) is 3. The van der Waals surface area contributed by atoms with Crippen LogP contribution in [0, 0.1) is 0 Å². The van der Waals surface area contributed by atoms with E-state index in [2.05, 4.69) is 25.6 Å². The second-order valence-electron chi connectivity index (χ2n) is 4.84. The zero-order chi connectivity index (χ0) is 17.8.